The molecule has 0 aromatic rings. The first-order valence-corrected chi connectivity index (χ1v) is 31.4. The monoisotopic (exact) mass is 1300 g/mol. The van der Waals surface area contributed by atoms with E-state index in [4.69, 9.17) is 107 Å². The first-order valence-electron chi connectivity index (χ1n) is 28.8. The Morgan fingerprint density at radius 1 is 0.635 bits per heavy atom. The highest BCUT2D eigenvalue weighted by Gasteiger charge is 2.60. The minimum atomic E-state index is -5.58. The fraction of sp³-hybridized carbons (Fsp3) is 0.857. The zero-order valence-electron chi connectivity index (χ0n) is 52.0. The third kappa shape index (κ3) is 28.2. The number of unbranched alkanes of at least 4 members (excludes halogenated alkanes) is 1. The number of primary amides is 2. The number of methoxy groups -OCH3 is 1. The highest BCUT2D eigenvalue weighted by molar-refractivity contribution is 7.48. The van der Waals surface area contributed by atoms with E-state index in [-0.39, 0.29) is 17.9 Å². The van der Waals surface area contributed by atoms with Gasteiger partial charge in [-0.05, 0) is 62.2 Å². The predicted octanol–water partition coefficient (Wildman–Crippen LogP) is 8.77. The van der Waals surface area contributed by atoms with Gasteiger partial charge < -0.3 is 64.2 Å². The van der Waals surface area contributed by atoms with Gasteiger partial charge in [0.05, 0.1) is 13.7 Å². The molecule has 3 amide bonds. The standard InChI is InChI=1S/C56H95Cl3N3O22P/c1-31(2)19-18-21-32(3)22-23-34(5)24-27-54(11,12)26-17-16-20-33(4)25-28-73-41(50(69)72-15)30-75-85(71,84-55(13,14)56(57,58)59)83-52-48(46(82-53(61)70)45(78-39(10)67)47(80-52)49(60)68)81-51-42(62-35(6)63)44(77-38(9)66)43(76-37(8)65)40(79-51)29-74-36(7)64/h31-34,40-48,51-52H,16-30H2,1-15H3,(H2,60,68)(H2,61,70)(H,62,63)/t32?,33?,34?,40-,41-,42-,43-,44-,45+,46+,47+,48-,51+,52-,85?/m1/s1. The van der Waals surface area contributed by atoms with E-state index in [0.717, 1.165) is 99.5 Å². The van der Waals surface area contributed by atoms with Gasteiger partial charge in [0, 0.05) is 41.2 Å². The Kier molecular flexibility index (Phi) is 32.9. The van der Waals surface area contributed by atoms with Crippen molar-refractivity contribution in [3.8, 4) is 0 Å². The van der Waals surface area contributed by atoms with E-state index in [1.54, 1.807) is 0 Å². The second-order valence-electron chi connectivity index (χ2n) is 23.9. The van der Waals surface area contributed by atoms with E-state index in [9.17, 15) is 38.4 Å². The van der Waals surface area contributed by atoms with Crippen molar-refractivity contribution < 1.29 is 104 Å². The van der Waals surface area contributed by atoms with Crippen LogP contribution in [0.2, 0.25) is 0 Å². The number of phosphoric ester groups is 1. The quantitative estimate of drug-likeness (QED) is 0.0172. The van der Waals surface area contributed by atoms with Crippen molar-refractivity contribution in [1.29, 1.82) is 0 Å². The van der Waals surface area contributed by atoms with Crippen molar-refractivity contribution >= 4 is 90.4 Å². The Morgan fingerprint density at radius 3 is 1.73 bits per heavy atom. The summed E-state index contributed by atoms with van der Waals surface area (Å²) >= 11 is 18.9. The molecule has 2 heterocycles. The second-order valence-corrected chi connectivity index (χ2v) is 27.7. The highest BCUT2D eigenvalue weighted by atomic mass is 35.6. The average Bonchev–Trinajstić information content (AvgIpc) is 1.13. The Bertz CT molecular complexity index is 2220. The zero-order valence-corrected chi connectivity index (χ0v) is 55.1. The molecule has 0 aromatic heterocycles. The van der Waals surface area contributed by atoms with Crippen LogP contribution in [0.15, 0.2) is 0 Å². The van der Waals surface area contributed by atoms with Crippen LogP contribution in [-0.2, 0) is 99.1 Å². The SMILES string of the molecule is COC(=O)[C@@H](COP(=O)(O[C@H]1O[C@H](C(N)=O)[C@@H](OC(C)=O)[C@H](OC(N)=O)[C@H]1O[C@@H]1O[C@H](COC(C)=O)[C@@H](OC(C)=O)[C@H](OC(C)=O)[C@H]1NC(C)=O)OC(C)(C)C(Cl)(Cl)Cl)OCCC(C)CCCCC(C)(C)CCC(C)CCC(C)CCCC(C)C. The van der Waals surface area contributed by atoms with Crippen LogP contribution in [0.25, 0.3) is 0 Å². The number of amides is 3. The fourth-order valence-corrected chi connectivity index (χ4v) is 11.4. The maximum Gasteiger partial charge on any atom is 0.478 e. The van der Waals surface area contributed by atoms with E-state index >= 15 is 4.57 Å². The Morgan fingerprint density at radius 2 is 1.20 bits per heavy atom. The van der Waals surface area contributed by atoms with Crippen LogP contribution in [0.5, 0.6) is 0 Å². The molecule has 4 unspecified atom stereocenters. The number of nitrogens with two attached hydrogens (primary N) is 2. The van der Waals surface area contributed by atoms with Crippen LogP contribution in [0.4, 0.5) is 4.79 Å². The summed E-state index contributed by atoms with van der Waals surface area (Å²) in [6, 6.07) is -1.76. The first-order chi connectivity index (χ1) is 39.3. The lowest BCUT2D eigenvalue weighted by atomic mass is 9.79. The van der Waals surface area contributed by atoms with Crippen molar-refractivity contribution in [2.45, 2.75) is 251 Å². The minimum absolute atomic E-state index is 0.0107. The van der Waals surface area contributed by atoms with Gasteiger partial charge in [0.25, 0.3) is 5.91 Å². The molecule has 0 radical (unpaired) electrons. The number of ether oxygens (including phenoxy) is 10. The van der Waals surface area contributed by atoms with Crippen molar-refractivity contribution in [2.75, 3.05) is 26.9 Å². The van der Waals surface area contributed by atoms with Gasteiger partial charge >= 0.3 is 43.8 Å². The third-order valence-corrected chi connectivity index (χ3v) is 17.4. The van der Waals surface area contributed by atoms with E-state index in [1.807, 2.05) is 6.92 Å². The van der Waals surface area contributed by atoms with Gasteiger partial charge in [-0.15, -0.1) is 0 Å². The van der Waals surface area contributed by atoms with Gasteiger partial charge in [-0.3, -0.25) is 42.3 Å². The molecule has 492 valence electrons. The molecule has 2 aliphatic heterocycles. The van der Waals surface area contributed by atoms with Gasteiger partial charge in [-0.2, -0.15) is 0 Å². The van der Waals surface area contributed by atoms with Crippen molar-refractivity contribution in [1.82, 2.24) is 5.32 Å². The molecule has 0 bridgehead atoms. The molecule has 2 fully saturated rings. The highest BCUT2D eigenvalue weighted by Crippen LogP contribution is 2.59. The molecule has 5 N–H and O–H groups in total. The second kappa shape index (κ2) is 36.1. The van der Waals surface area contributed by atoms with Crippen LogP contribution < -0.4 is 16.8 Å². The molecule has 0 spiro atoms. The summed E-state index contributed by atoms with van der Waals surface area (Å²) in [7, 11) is -4.51. The molecule has 2 saturated heterocycles. The Labute approximate surface area is 515 Å². The number of alkyl halides is 3. The smallest absolute Gasteiger partial charge is 0.467 e. The number of hydrogen-bond donors (Lipinski definition) is 3. The summed E-state index contributed by atoms with van der Waals surface area (Å²) in [6.07, 6.45) is -8.57. The summed E-state index contributed by atoms with van der Waals surface area (Å²) < 4.78 is 87.0. The molecule has 25 nitrogen and oxygen atoms in total. The number of halogens is 3. The molecule has 15 atom stereocenters. The van der Waals surface area contributed by atoms with Gasteiger partial charge in [0.1, 0.15) is 24.4 Å². The van der Waals surface area contributed by atoms with E-state index in [0.29, 0.717) is 12.3 Å². The lowest BCUT2D eigenvalue weighted by Gasteiger charge is -2.49. The number of hydrogen-bond acceptors (Lipinski definition) is 22. The summed E-state index contributed by atoms with van der Waals surface area (Å²) in [5.41, 5.74) is 9.30. The lowest BCUT2D eigenvalue weighted by Crippen LogP contribution is -2.70. The minimum Gasteiger partial charge on any atom is -0.467 e. The Balaban J connectivity index is 2.55. The molecular formula is C56H95Cl3N3O22P. The third-order valence-electron chi connectivity index (χ3n) is 14.5. The topological polar surface area (TPSA) is 338 Å². The molecule has 85 heavy (non-hydrogen) atoms. The van der Waals surface area contributed by atoms with Crippen LogP contribution in [0.3, 0.4) is 0 Å². The normalized spacial score (nSPS) is 25.0. The number of carbonyl (C=O) groups is 8. The van der Waals surface area contributed by atoms with E-state index < -0.39 is 146 Å². The van der Waals surface area contributed by atoms with Crippen molar-refractivity contribution in [3.63, 3.8) is 0 Å². The molecule has 2 rings (SSSR count). The number of esters is 5. The van der Waals surface area contributed by atoms with Gasteiger partial charge in [-0.25, -0.2) is 14.2 Å². The van der Waals surface area contributed by atoms with Crippen molar-refractivity contribution in [2.24, 2.45) is 40.6 Å². The van der Waals surface area contributed by atoms with Crippen LogP contribution in [0.1, 0.15) is 174 Å². The van der Waals surface area contributed by atoms with Crippen LogP contribution in [0, 0.1) is 29.1 Å². The summed E-state index contributed by atoms with van der Waals surface area (Å²) in [6.45, 7) is 21.5. The van der Waals surface area contributed by atoms with E-state index in [1.165, 1.54) is 38.5 Å². The fourth-order valence-electron chi connectivity index (χ4n) is 9.58. The maximum atomic E-state index is 15.4. The summed E-state index contributed by atoms with van der Waals surface area (Å²) in [5, 5.41) is 2.47. The average molecular weight is 1300 g/mol. The van der Waals surface area contributed by atoms with E-state index in [2.05, 4.69) is 46.9 Å². The summed E-state index contributed by atoms with van der Waals surface area (Å²) in [5.74, 6) is -4.88. The number of rotatable bonds is 37. The van der Waals surface area contributed by atoms with Crippen LogP contribution in [-0.4, -0.2) is 152 Å². The Hall–Kier alpha value is -3.62. The predicted molar refractivity (Wildman–Crippen MR) is 310 cm³/mol. The van der Waals surface area contributed by atoms with Crippen molar-refractivity contribution in [3.05, 3.63) is 0 Å². The molecule has 0 saturated carbocycles. The summed E-state index contributed by atoms with van der Waals surface area (Å²) in [4.78, 5) is 102. The first kappa shape index (κ1) is 77.5. The maximum absolute atomic E-state index is 15.4. The van der Waals surface area contributed by atoms with Crippen LogP contribution >= 0.6 is 42.6 Å². The zero-order chi connectivity index (χ0) is 64.8. The lowest BCUT2D eigenvalue weighted by molar-refractivity contribution is -0.340. The molecular weight excluding hydrogens is 1200 g/mol. The number of carbonyl (C=O) groups excluding carboxylic acids is 8. The molecule has 2 aliphatic rings. The molecule has 0 aromatic carbocycles. The number of nitrogens with one attached hydrogen (secondary N) is 1. The van der Waals surface area contributed by atoms with Gasteiger partial charge in [-0.1, -0.05) is 141 Å². The van der Waals surface area contributed by atoms with Gasteiger partial charge in [0.2, 0.25) is 9.70 Å². The largest absolute Gasteiger partial charge is 0.478 e. The van der Waals surface area contributed by atoms with Gasteiger partial charge in [0.15, 0.2) is 55.3 Å². The number of phosphoric acid groups is 1. The molecule has 29 heteroatoms. The molecule has 0 aliphatic carbocycles.